The molecule has 2 fully saturated rings. The standard InChI is InChI=1S/C26H32N2O4/c1-31-20-13-11-18(12-14-20)15-16-27-25(29)23-17-19-7-3-5-9-22(19)28(23)26(30)21-8-4-6-10-24(21)32-2/h4,6,8,10-14,19,22-23H,3,5,7,9,15-17H2,1-2H3,(H,27,29)/t19-,22+,23+/m1/s1. The molecule has 0 bridgehead atoms. The fraction of sp³-hybridized carbons (Fsp3) is 0.462. The van der Waals surface area contributed by atoms with E-state index in [4.69, 9.17) is 9.47 Å². The van der Waals surface area contributed by atoms with Gasteiger partial charge >= 0.3 is 0 Å². The summed E-state index contributed by atoms with van der Waals surface area (Å²) in [5.41, 5.74) is 1.66. The van der Waals surface area contributed by atoms with Crippen molar-refractivity contribution in [2.75, 3.05) is 20.8 Å². The van der Waals surface area contributed by atoms with Crippen molar-refractivity contribution in [3.8, 4) is 11.5 Å². The normalized spacial score (nSPS) is 22.2. The fourth-order valence-corrected chi connectivity index (χ4v) is 5.19. The Hall–Kier alpha value is -3.02. The van der Waals surface area contributed by atoms with Gasteiger partial charge in [-0.25, -0.2) is 0 Å². The highest BCUT2D eigenvalue weighted by Gasteiger charge is 2.47. The third-order valence-corrected chi connectivity index (χ3v) is 6.83. The van der Waals surface area contributed by atoms with E-state index in [0.29, 0.717) is 23.8 Å². The first-order valence-electron chi connectivity index (χ1n) is 11.5. The molecule has 1 saturated carbocycles. The summed E-state index contributed by atoms with van der Waals surface area (Å²) in [6.45, 7) is 0.535. The minimum absolute atomic E-state index is 0.0591. The first kappa shape index (κ1) is 22.2. The summed E-state index contributed by atoms with van der Waals surface area (Å²) < 4.78 is 10.6. The van der Waals surface area contributed by atoms with Crippen molar-refractivity contribution < 1.29 is 19.1 Å². The van der Waals surface area contributed by atoms with Gasteiger partial charge in [-0.05, 0) is 61.4 Å². The van der Waals surface area contributed by atoms with Crippen molar-refractivity contribution in [2.45, 2.75) is 50.6 Å². The van der Waals surface area contributed by atoms with Gasteiger partial charge in [0.2, 0.25) is 5.91 Å². The zero-order chi connectivity index (χ0) is 22.5. The molecule has 6 heteroatoms. The predicted octanol–water partition coefficient (Wildman–Crippen LogP) is 3.84. The highest BCUT2D eigenvalue weighted by Crippen LogP contribution is 2.41. The number of methoxy groups -OCH3 is 2. The van der Waals surface area contributed by atoms with Crippen LogP contribution in [0.25, 0.3) is 0 Å². The topological polar surface area (TPSA) is 67.9 Å². The second-order valence-electron chi connectivity index (χ2n) is 8.67. The lowest BCUT2D eigenvalue weighted by Crippen LogP contribution is -2.50. The van der Waals surface area contributed by atoms with Gasteiger partial charge in [-0.1, -0.05) is 37.1 Å². The summed E-state index contributed by atoms with van der Waals surface area (Å²) in [5, 5.41) is 3.08. The van der Waals surface area contributed by atoms with Crippen LogP contribution in [0.2, 0.25) is 0 Å². The van der Waals surface area contributed by atoms with Gasteiger partial charge in [0.25, 0.3) is 5.91 Å². The third-order valence-electron chi connectivity index (χ3n) is 6.83. The van der Waals surface area contributed by atoms with E-state index in [1.807, 2.05) is 41.3 Å². The molecule has 1 aliphatic heterocycles. The number of hydrogen-bond donors (Lipinski definition) is 1. The van der Waals surface area contributed by atoms with Crippen LogP contribution in [0.4, 0.5) is 0 Å². The Morgan fingerprint density at radius 1 is 1.00 bits per heavy atom. The van der Waals surface area contributed by atoms with Gasteiger partial charge in [-0.3, -0.25) is 9.59 Å². The van der Waals surface area contributed by atoms with Crippen LogP contribution >= 0.6 is 0 Å². The Morgan fingerprint density at radius 2 is 1.75 bits per heavy atom. The third kappa shape index (κ3) is 4.59. The maximum Gasteiger partial charge on any atom is 0.258 e. The molecule has 4 rings (SSSR count). The van der Waals surface area contributed by atoms with Gasteiger partial charge in [0.05, 0.1) is 19.8 Å². The lowest BCUT2D eigenvalue weighted by atomic mass is 9.84. The molecule has 1 aliphatic carbocycles. The van der Waals surface area contributed by atoms with Gasteiger partial charge in [-0.15, -0.1) is 0 Å². The molecule has 0 aromatic heterocycles. The molecule has 2 aromatic carbocycles. The summed E-state index contributed by atoms with van der Waals surface area (Å²) in [6.07, 6.45) is 5.78. The van der Waals surface area contributed by atoms with E-state index >= 15 is 0 Å². The number of amides is 2. The lowest BCUT2D eigenvalue weighted by molar-refractivity contribution is -0.125. The van der Waals surface area contributed by atoms with Crippen LogP contribution < -0.4 is 14.8 Å². The molecule has 2 aromatic rings. The van der Waals surface area contributed by atoms with Crippen molar-refractivity contribution in [3.05, 3.63) is 59.7 Å². The molecule has 2 aliphatic rings. The largest absolute Gasteiger partial charge is 0.497 e. The molecule has 1 heterocycles. The number of rotatable bonds is 7. The quantitative estimate of drug-likeness (QED) is 0.716. The number of likely N-dealkylation sites (tertiary alicyclic amines) is 1. The van der Waals surface area contributed by atoms with E-state index in [0.717, 1.165) is 43.4 Å². The molecular formula is C26H32N2O4. The minimum Gasteiger partial charge on any atom is -0.497 e. The van der Waals surface area contributed by atoms with Crippen LogP contribution in [0.1, 0.15) is 48.0 Å². The van der Waals surface area contributed by atoms with Gasteiger partial charge in [0.1, 0.15) is 17.5 Å². The van der Waals surface area contributed by atoms with Gasteiger partial charge < -0.3 is 19.7 Å². The Kier molecular flexibility index (Phi) is 6.98. The van der Waals surface area contributed by atoms with Gasteiger partial charge in [0.15, 0.2) is 0 Å². The van der Waals surface area contributed by atoms with E-state index in [-0.39, 0.29) is 17.9 Å². The van der Waals surface area contributed by atoms with E-state index in [2.05, 4.69) is 5.32 Å². The molecule has 6 nitrogen and oxygen atoms in total. The smallest absolute Gasteiger partial charge is 0.258 e. The first-order chi connectivity index (χ1) is 15.6. The SMILES string of the molecule is COc1ccc(CCNC(=O)[C@@H]2C[C@H]3CCCC[C@@H]3N2C(=O)c2ccccc2OC)cc1. The molecular weight excluding hydrogens is 404 g/mol. The number of nitrogens with zero attached hydrogens (tertiary/aromatic N) is 1. The second-order valence-corrected chi connectivity index (χ2v) is 8.67. The average Bonchev–Trinajstić information content (AvgIpc) is 3.23. The molecule has 0 unspecified atom stereocenters. The van der Waals surface area contributed by atoms with Crippen LogP contribution in [0, 0.1) is 5.92 Å². The van der Waals surface area contributed by atoms with E-state index in [1.165, 1.54) is 6.42 Å². The average molecular weight is 437 g/mol. The minimum atomic E-state index is -0.434. The maximum atomic E-state index is 13.6. The zero-order valence-electron chi connectivity index (χ0n) is 18.9. The van der Waals surface area contributed by atoms with Crippen LogP contribution in [-0.2, 0) is 11.2 Å². The summed E-state index contributed by atoms with van der Waals surface area (Å²) in [6, 6.07) is 14.8. The molecule has 3 atom stereocenters. The first-order valence-corrected chi connectivity index (χ1v) is 11.5. The number of carbonyl (C=O) groups excluding carboxylic acids is 2. The van der Waals surface area contributed by atoms with Gasteiger partial charge in [-0.2, -0.15) is 0 Å². The maximum absolute atomic E-state index is 13.6. The molecule has 0 radical (unpaired) electrons. The lowest BCUT2D eigenvalue weighted by Gasteiger charge is -2.34. The number of fused-ring (bicyclic) bond motifs is 1. The summed E-state index contributed by atoms with van der Waals surface area (Å²) in [5.74, 6) is 1.59. The summed E-state index contributed by atoms with van der Waals surface area (Å²) in [7, 11) is 3.22. The molecule has 2 amide bonds. The number of hydrogen-bond acceptors (Lipinski definition) is 4. The highest BCUT2D eigenvalue weighted by molar-refractivity contribution is 6.00. The predicted molar refractivity (Wildman–Crippen MR) is 123 cm³/mol. The molecule has 0 spiro atoms. The second kappa shape index (κ2) is 10.1. The van der Waals surface area contributed by atoms with Crippen molar-refractivity contribution in [1.29, 1.82) is 0 Å². The van der Waals surface area contributed by atoms with Crippen LogP contribution in [0.15, 0.2) is 48.5 Å². The molecule has 170 valence electrons. The monoisotopic (exact) mass is 436 g/mol. The number of carbonyl (C=O) groups is 2. The van der Waals surface area contributed by atoms with Crippen molar-refractivity contribution in [3.63, 3.8) is 0 Å². The molecule has 1 N–H and O–H groups in total. The molecule has 1 saturated heterocycles. The fourth-order valence-electron chi connectivity index (χ4n) is 5.19. The van der Waals surface area contributed by atoms with Crippen molar-refractivity contribution in [1.82, 2.24) is 10.2 Å². The van der Waals surface area contributed by atoms with Crippen molar-refractivity contribution >= 4 is 11.8 Å². The van der Waals surface area contributed by atoms with Crippen LogP contribution in [0.5, 0.6) is 11.5 Å². The Labute approximate surface area is 189 Å². The van der Waals surface area contributed by atoms with Crippen LogP contribution in [-0.4, -0.2) is 49.6 Å². The molecule has 32 heavy (non-hydrogen) atoms. The zero-order valence-corrected chi connectivity index (χ0v) is 18.9. The van der Waals surface area contributed by atoms with E-state index in [1.54, 1.807) is 26.4 Å². The Balaban J connectivity index is 1.47. The number of nitrogens with one attached hydrogen (secondary N) is 1. The van der Waals surface area contributed by atoms with E-state index < -0.39 is 6.04 Å². The Bertz CT molecular complexity index is 943. The number of para-hydroxylation sites is 1. The van der Waals surface area contributed by atoms with Crippen molar-refractivity contribution in [2.24, 2.45) is 5.92 Å². The number of benzene rings is 2. The Morgan fingerprint density at radius 3 is 2.50 bits per heavy atom. The summed E-state index contributed by atoms with van der Waals surface area (Å²) in [4.78, 5) is 28.7. The van der Waals surface area contributed by atoms with Gasteiger partial charge in [0, 0.05) is 12.6 Å². The number of ether oxygens (including phenoxy) is 2. The summed E-state index contributed by atoms with van der Waals surface area (Å²) >= 11 is 0. The van der Waals surface area contributed by atoms with Crippen LogP contribution in [0.3, 0.4) is 0 Å². The highest BCUT2D eigenvalue weighted by atomic mass is 16.5. The van der Waals surface area contributed by atoms with E-state index in [9.17, 15) is 9.59 Å².